The first-order valence-corrected chi connectivity index (χ1v) is 16.2. The van der Waals surface area contributed by atoms with E-state index >= 15 is 0 Å². The molecule has 0 amide bonds. The summed E-state index contributed by atoms with van der Waals surface area (Å²) in [6, 6.07) is 40.6. The second kappa shape index (κ2) is 21.4. The Morgan fingerprint density at radius 1 is 0.522 bits per heavy atom. The Balaban J connectivity index is 0.000000400. The van der Waals surface area contributed by atoms with Crippen LogP contribution in [0.15, 0.2) is 109 Å². The minimum absolute atomic E-state index is 0. The van der Waals surface area contributed by atoms with Crippen molar-refractivity contribution in [1.82, 2.24) is 0 Å². The van der Waals surface area contributed by atoms with Gasteiger partial charge in [0, 0.05) is 0 Å². The summed E-state index contributed by atoms with van der Waals surface area (Å²) in [5.41, 5.74) is 11.1. The fourth-order valence-electron chi connectivity index (χ4n) is 5.78. The Morgan fingerprint density at radius 2 is 0.870 bits per heavy atom. The Hall–Kier alpha value is -2.44. The van der Waals surface area contributed by atoms with Crippen LogP contribution in [0.5, 0.6) is 0 Å². The number of hydrogen-bond donors (Lipinski definition) is 0. The fraction of sp³-hybridized carbons (Fsp3) is 0.256. The Bertz CT molecular complexity index is 1560. The molecule has 3 heteroatoms. The van der Waals surface area contributed by atoms with Crippen LogP contribution >= 0.6 is 0 Å². The van der Waals surface area contributed by atoms with Gasteiger partial charge in [-0.05, 0) is 47.9 Å². The summed E-state index contributed by atoms with van der Waals surface area (Å²) in [4.78, 5) is 0. The van der Waals surface area contributed by atoms with Crippen LogP contribution in [0.2, 0.25) is 0 Å². The summed E-state index contributed by atoms with van der Waals surface area (Å²) < 4.78 is 0. The van der Waals surface area contributed by atoms with Crippen LogP contribution in [-0.2, 0) is 51.9 Å². The standard InChI is InChI=1S/2C20H21.C3H6.2ClH.Zr/c2*1-3-6-16-9-11-17(12-10-16)19-8-5-7-18-13-15(4-2)14-20(18)19;1-3-2;;;/h2*5,7-14H,3-4,6H2,1-2H3;1-3H2;2*1H;/q2*-1;-2;;;+2/p-2. The van der Waals surface area contributed by atoms with Gasteiger partial charge in [0.2, 0.25) is 0 Å². The van der Waals surface area contributed by atoms with Crippen LogP contribution in [0.4, 0.5) is 0 Å². The van der Waals surface area contributed by atoms with E-state index in [2.05, 4.69) is 151 Å². The third kappa shape index (κ3) is 10.8. The molecule has 6 aromatic rings. The SMILES string of the molecule is CCCc1ccc(-c2cccc3[cH-]c(CC)cc23)cc1.CCCc1ccc(-c2cccc3[cH-]c(CC)cc23)cc1.[CH2-]C[CH2-].[Cl-].[Cl-].[Zr+2]. The molecule has 0 N–H and O–H groups in total. The third-order valence-electron chi connectivity index (χ3n) is 8.04. The minimum Gasteiger partial charge on any atom is -1.00 e. The first-order valence-electron chi connectivity index (χ1n) is 16.2. The molecule has 0 aromatic heterocycles. The molecule has 0 heterocycles. The molecule has 0 bridgehead atoms. The maximum absolute atomic E-state index is 3.38. The van der Waals surface area contributed by atoms with E-state index in [4.69, 9.17) is 0 Å². The maximum atomic E-state index is 3.38. The number of benzene rings is 4. The van der Waals surface area contributed by atoms with Gasteiger partial charge >= 0.3 is 26.2 Å². The van der Waals surface area contributed by atoms with Gasteiger partial charge in [-0.15, -0.1) is 69.1 Å². The Morgan fingerprint density at radius 3 is 1.17 bits per heavy atom. The number of rotatable bonds is 8. The molecule has 242 valence electrons. The average molecular weight is 727 g/mol. The quantitative estimate of drug-likeness (QED) is 0.157. The molecule has 0 saturated heterocycles. The molecule has 0 fully saturated rings. The summed E-state index contributed by atoms with van der Waals surface area (Å²) in [5, 5.41) is 5.48. The molecule has 6 rings (SSSR count). The zero-order valence-corrected chi connectivity index (χ0v) is 32.0. The van der Waals surface area contributed by atoms with Gasteiger partial charge in [-0.25, -0.2) is 0 Å². The average Bonchev–Trinajstić information content (AvgIpc) is 3.67. The monoisotopic (exact) mass is 724 g/mol. The fourth-order valence-corrected chi connectivity index (χ4v) is 5.78. The summed E-state index contributed by atoms with van der Waals surface area (Å²) >= 11 is 0. The molecule has 0 saturated carbocycles. The molecule has 0 spiro atoms. The Kier molecular flexibility index (Phi) is 19.4. The smallest absolute Gasteiger partial charge is 1.00 e. The van der Waals surface area contributed by atoms with Gasteiger partial charge in [-0.1, -0.05) is 112 Å². The van der Waals surface area contributed by atoms with Crippen molar-refractivity contribution in [3.8, 4) is 22.3 Å². The van der Waals surface area contributed by atoms with E-state index in [1.165, 1.54) is 91.7 Å². The van der Waals surface area contributed by atoms with Crippen LogP contribution in [0, 0.1) is 13.8 Å². The van der Waals surface area contributed by atoms with Crippen LogP contribution in [0.1, 0.15) is 69.2 Å². The van der Waals surface area contributed by atoms with E-state index in [1.807, 2.05) is 0 Å². The van der Waals surface area contributed by atoms with Gasteiger partial charge in [0.05, 0.1) is 0 Å². The van der Waals surface area contributed by atoms with Crippen molar-refractivity contribution in [2.75, 3.05) is 0 Å². The van der Waals surface area contributed by atoms with Crippen LogP contribution in [-0.4, -0.2) is 0 Å². The molecule has 0 nitrogen and oxygen atoms in total. The molecule has 6 aromatic carbocycles. The molecule has 0 unspecified atom stereocenters. The van der Waals surface area contributed by atoms with Gasteiger partial charge in [0.15, 0.2) is 0 Å². The van der Waals surface area contributed by atoms with Crippen LogP contribution in [0.25, 0.3) is 43.8 Å². The Labute approximate surface area is 310 Å². The molecule has 0 aliphatic rings. The molecular weight excluding hydrogens is 679 g/mol. The van der Waals surface area contributed by atoms with E-state index in [0.717, 1.165) is 19.3 Å². The number of fused-ring (bicyclic) bond motifs is 2. The largest absolute Gasteiger partial charge is 2.00 e. The van der Waals surface area contributed by atoms with Gasteiger partial charge in [0.25, 0.3) is 0 Å². The van der Waals surface area contributed by atoms with Gasteiger partial charge < -0.3 is 45.1 Å². The van der Waals surface area contributed by atoms with Crippen molar-refractivity contribution < 1.29 is 51.0 Å². The maximum Gasteiger partial charge on any atom is 2.00 e. The number of hydrogen-bond acceptors (Lipinski definition) is 0. The third-order valence-corrected chi connectivity index (χ3v) is 8.04. The van der Waals surface area contributed by atoms with Gasteiger partial charge in [0.1, 0.15) is 0 Å². The molecule has 0 atom stereocenters. The zero-order valence-electron chi connectivity index (χ0n) is 28.0. The minimum atomic E-state index is 0. The molecular formula is C43H48Cl2Zr-4. The van der Waals surface area contributed by atoms with Crippen molar-refractivity contribution in [2.45, 2.75) is 72.6 Å². The first-order chi connectivity index (χ1) is 21.0. The van der Waals surface area contributed by atoms with Crippen LogP contribution in [0.3, 0.4) is 0 Å². The summed E-state index contributed by atoms with van der Waals surface area (Å²) in [5.74, 6) is 0. The number of aryl methyl sites for hydroxylation is 4. The van der Waals surface area contributed by atoms with Gasteiger partial charge in [-0.2, -0.15) is 12.1 Å². The topological polar surface area (TPSA) is 0 Å². The molecule has 0 aliphatic heterocycles. The molecule has 0 aliphatic carbocycles. The van der Waals surface area contributed by atoms with E-state index in [0.29, 0.717) is 0 Å². The second-order valence-corrected chi connectivity index (χ2v) is 11.3. The van der Waals surface area contributed by atoms with E-state index in [1.54, 1.807) is 0 Å². The molecule has 46 heavy (non-hydrogen) atoms. The summed E-state index contributed by atoms with van der Waals surface area (Å²) in [6.07, 6.45) is 7.70. The van der Waals surface area contributed by atoms with Crippen molar-refractivity contribution in [3.05, 3.63) is 145 Å². The van der Waals surface area contributed by atoms with Crippen molar-refractivity contribution >= 4 is 21.5 Å². The zero-order chi connectivity index (χ0) is 30.6. The predicted octanol–water partition coefficient (Wildman–Crippen LogP) is 6.53. The summed E-state index contributed by atoms with van der Waals surface area (Å²) in [7, 11) is 0. The van der Waals surface area contributed by atoms with E-state index in [-0.39, 0.29) is 51.0 Å². The second-order valence-electron chi connectivity index (χ2n) is 11.3. The first kappa shape index (κ1) is 41.6. The van der Waals surface area contributed by atoms with E-state index in [9.17, 15) is 0 Å². The van der Waals surface area contributed by atoms with Crippen molar-refractivity contribution in [1.29, 1.82) is 0 Å². The van der Waals surface area contributed by atoms with Crippen molar-refractivity contribution in [3.63, 3.8) is 0 Å². The van der Waals surface area contributed by atoms with Crippen LogP contribution < -0.4 is 24.8 Å². The molecule has 0 radical (unpaired) electrons. The normalized spacial score (nSPS) is 10.0. The number of halogens is 2. The predicted molar refractivity (Wildman–Crippen MR) is 192 cm³/mol. The van der Waals surface area contributed by atoms with Crippen molar-refractivity contribution in [2.24, 2.45) is 0 Å². The van der Waals surface area contributed by atoms with Gasteiger partial charge in [-0.3, -0.25) is 0 Å². The summed E-state index contributed by atoms with van der Waals surface area (Å²) in [6.45, 7) is 15.6. The van der Waals surface area contributed by atoms with E-state index < -0.39 is 0 Å².